The first-order chi connectivity index (χ1) is 54.4. The van der Waals surface area contributed by atoms with Crippen LogP contribution in [0.15, 0.2) is 437 Å². The van der Waals surface area contributed by atoms with Crippen molar-refractivity contribution in [2.75, 3.05) is 13.2 Å². The van der Waals surface area contributed by atoms with Crippen molar-refractivity contribution in [3.05, 3.63) is 459 Å². The van der Waals surface area contributed by atoms with Crippen LogP contribution < -0.4 is 63.7 Å². The summed E-state index contributed by atoms with van der Waals surface area (Å²) >= 11 is 20.6. The van der Waals surface area contributed by atoms with Gasteiger partial charge in [-0.3, -0.25) is 4.98 Å². The van der Waals surface area contributed by atoms with Crippen molar-refractivity contribution in [3.8, 4) is 11.4 Å². The molecule has 0 aliphatic carbocycles. The number of halogens is 4. The van der Waals surface area contributed by atoms with Crippen molar-refractivity contribution < 1.29 is 41.5 Å². The SMILES string of the molecule is C1CCOC1.Clc1ccnc(Cl)n1.Clc1nccc(-c2ccccn2)n1.[Pd].[Zn+][Br].[c-]1ccccn1.c1ccc(P(c2ccccc2)c2ccccc2)cc1.c1ccc(P(c2ccccc2)c2ccccc2)cc1.c1ccc(P(c2ccccc2)c2ccccc2)cc1.c1ccc(P(c2ccccc2)c2ccccc2)cc1. The summed E-state index contributed by atoms with van der Waals surface area (Å²) in [6, 6.07) is 144. The molecular formula is C94H80BrCl3N6OP4PdZn. The van der Waals surface area contributed by atoms with Gasteiger partial charge in [-0.05, 0) is 156 Å². The minimum atomic E-state index is -0.446. The van der Waals surface area contributed by atoms with Crippen LogP contribution in [0.3, 0.4) is 0 Å². The van der Waals surface area contributed by atoms with Gasteiger partial charge >= 0.3 is 30.0 Å². The van der Waals surface area contributed by atoms with E-state index in [0.717, 1.165) is 24.6 Å². The molecule has 0 bridgehead atoms. The number of pyridine rings is 2. The van der Waals surface area contributed by atoms with Crippen LogP contribution in [0.4, 0.5) is 0 Å². The summed E-state index contributed by atoms with van der Waals surface area (Å²) in [7, 11) is -1.78. The zero-order valence-corrected chi connectivity index (χ0v) is 72.8. The average molecular weight is 1790 g/mol. The normalized spacial score (nSPS) is 10.6. The van der Waals surface area contributed by atoms with E-state index in [9.17, 15) is 0 Å². The van der Waals surface area contributed by atoms with Crippen molar-refractivity contribution in [1.29, 1.82) is 0 Å². The summed E-state index contributed by atoms with van der Waals surface area (Å²) in [6.45, 7) is 2.00. The maximum atomic E-state index is 5.64. The molecule has 0 atom stereocenters. The Bertz CT molecular complexity index is 4100. The van der Waals surface area contributed by atoms with E-state index in [4.69, 9.17) is 39.5 Å². The third-order valence-electron chi connectivity index (χ3n) is 15.7. The van der Waals surface area contributed by atoms with Gasteiger partial charge in [0.25, 0.3) is 0 Å². The van der Waals surface area contributed by atoms with Gasteiger partial charge in [-0.1, -0.05) is 394 Å². The Morgan fingerprint density at radius 2 is 0.505 bits per heavy atom. The van der Waals surface area contributed by atoms with Gasteiger partial charge in [-0.15, -0.1) is 0 Å². The molecular weight excluding hydrogens is 1710 g/mol. The first kappa shape index (κ1) is 88.0. The van der Waals surface area contributed by atoms with Gasteiger partial charge in [0.1, 0.15) is 5.15 Å². The molecule has 17 heteroatoms. The van der Waals surface area contributed by atoms with Gasteiger partial charge < -0.3 is 9.72 Å². The number of nitrogens with zero attached hydrogens (tertiary/aromatic N) is 6. The molecule has 1 aliphatic rings. The molecule has 552 valence electrons. The smallest absolute Gasteiger partial charge is 0.0134 e. The zero-order chi connectivity index (χ0) is 76.5. The number of ether oxygens (including phenoxy) is 1. The Kier molecular flexibility index (Phi) is 42.3. The minimum absolute atomic E-state index is 0. The van der Waals surface area contributed by atoms with E-state index in [1.165, 1.54) is 99.0 Å². The Hall–Kier alpha value is -8.58. The Balaban J connectivity index is 0.000000164. The van der Waals surface area contributed by atoms with Crippen LogP contribution in [-0.4, -0.2) is 43.1 Å². The largest absolute Gasteiger partial charge is 0.394 e. The molecule has 0 radical (unpaired) electrons. The fourth-order valence-electron chi connectivity index (χ4n) is 10.8. The van der Waals surface area contributed by atoms with E-state index < -0.39 is 31.7 Å². The average Bonchev–Trinajstić information content (AvgIpc) is 0.939. The summed E-state index contributed by atoms with van der Waals surface area (Å²) in [5.74, 6) is 0. The van der Waals surface area contributed by atoms with E-state index in [-0.39, 0.29) is 31.0 Å². The van der Waals surface area contributed by atoms with E-state index in [1.54, 1.807) is 36.8 Å². The van der Waals surface area contributed by atoms with Crippen LogP contribution >= 0.6 is 80.1 Å². The standard InChI is InChI=1S/4C18H15P.C9H6ClN3.C5H4N.C4H2Cl2N2.C4H8O.BrH.Pd.Zn/c4*1-4-10-16(11-5-1)19(17-12-6-2-7-13-17)18-14-8-3-9-15-18;10-9-12-6-4-8(13-9)7-3-1-2-5-11-7;1-2-4-6-5-3-1;5-3-1-2-7-4(6)8-3;1-2-4-5-3-1;;;/h4*1-15H;1-6H;1-4H;1-2H;1-4H2;1H;;/q;;;;;-1;;;;;+2/p-1. The van der Waals surface area contributed by atoms with E-state index in [2.05, 4.69) is 414 Å². The van der Waals surface area contributed by atoms with Gasteiger partial charge in [0.2, 0.25) is 10.6 Å². The van der Waals surface area contributed by atoms with Crippen LogP contribution in [0, 0.1) is 6.20 Å². The quantitative estimate of drug-likeness (QED) is 0.0374. The minimum Gasteiger partial charge on any atom is -0.394 e. The number of benzene rings is 12. The molecule has 0 saturated carbocycles. The molecule has 0 spiro atoms. The molecule has 0 amide bonds. The predicted molar refractivity (Wildman–Crippen MR) is 475 cm³/mol. The van der Waals surface area contributed by atoms with Crippen molar-refractivity contribution in [2.45, 2.75) is 12.8 Å². The molecule has 12 aromatic carbocycles. The van der Waals surface area contributed by atoms with Gasteiger partial charge in [-0.25, -0.2) is 19.9 Å². The fraction of sp³-hybridized carbons (Fsp3) is 0.0426. The second-order valence-corrected chi connectivity index (χ2v) is 33.2. The maximum Gasteiger partial charge on any atom is -0.0134 e. The van der Waals surface area contributed by atoms with Gasteiger partial charge in [0.05, 0.1) is 11.4 Å². The third kappa shape index (κ3) is 31.5. The monoisotopic (exact) mass is 1790 g/mol. The molecule has 0 unspecified atom stereocenters. The molecule has 16 aromatic rings. The van der Waals surface area contributed by atoms with Crippen molar-refractivity contribution in [3.63, 3.8) is 0 Å². The Labute approximate surface area is 705 Å². The van der Waals surface area contributed by atoms with Crippen LogP contribution in [0.5, 0.6) is 0 Å². The fourth-order valence-corrected chi connectivity index (χ4v) is 20.5. The molecule has 4 aromatic heterocycles. The second kappa shape index (κ2) is 53.4. The predicted octanol–water partition coefficient (Wildman–Crippen LogP) is 20.3. The van der Waals surface area contributed by atoms with E-state index in [1.807, 2.05) is 30.3 Å². The maximum absolute atomic E-state index is 5.64. The third-order valence-corrected chi connectivity index (χ3v) is 26.0. The summed E-state index contributed by atoms with van der Waals surface area (Å²) < 4.78 is 4.94. The Morgan fingerprint density at radius 3 is 0.667 bits per heavy atom. The molecule has 7 nitrogen and oxygen atoms in total. The number of hydrogen-bond acceptors (Lipinski definition) is 7. The summed E-state index contributed by atoms with van der Waals surface area (Å²) in [6.07, 6.45) is 11.7. The summed E-state index contributed by atoms with van der Waals surface area (Å²) in [4.78, 5) is 22.8. The Morgan fingerprint density at radius 1 is 0.261 bits per heavy atom. The van der Waals surface area contributed by atoms with Crippen molar-refractivity contribution in [2.24, 2.45) is 0 Å². The van der Waals surface area contributed by atoms with Gasteiger partial charge in [-0.2, -0.15) is 18.2 Å². The number of hydrogen-bond donors (Lipinski definition) is 0. The second-order valence-electron chi connectivity index (χ2n) is 23.2. The topological polar surface area (TPSA) is 86.6 Å². The molecule has 1 saturated heterocycles. The first-order valence-corrected chi connectivity index (χ1v) is 48.9. The first-order valence-electron chi connectivity index (χ1n) is 35.4. The van der Waals surface area contributed by atoms with Crippen LogP contribution in [-0.2, 0) is 41.5 Å². The van der Waals surface area contributed by atoms with Crippen molar-refractivity contribution in [1.82, 2.24) is 29.9 Å². The number of rotatable bonds is 13. The van der Waals surface area contributed by atoms with Crippen LogP contribution in [0.25, 0.3) is 11.4 Å². The summed E-state index contributed by atoms with van der Waals surface area (Å²) in [5, 5.41) is 17.6. The van der Waals surface area contributed by atoms with E-state index >= 15 is 0 Å². The molecule has 111 heavy (non-hydrogen) atoms. The van der Waals surface area contributed by atoms with Crippen molar-refractivity contribution >= 4 is 144 Å². The van der Waals surface area contributed by atoms with Gasteiger partial charge in [0.15, 0.2) is 0 Å². The van der Waals surface area contributed by atoms with Crippen LogP contribution in [0.1, 0.15) is 12.8 Å². The number of aromatic nitrogens is 6. The molecule has 5 heterocycles. The van der Waals surface area contributed by atoms with Crippen LogP contribution in [0.2, 0.25) is 15.7 Å². The molecule has 17 rings (SSSR count). The molecule has 1 fully saturated rings. The van der Waals surface area contributed by atoms with Gasteiger partial charge in [0, 0.05) is 52.2 Å². The molecule has 1 aliphatic heterocycles. The molecule has 0 N–H and O–H groups in total. The summed E-state index contributed by atoms with van der Waals surface area (Å²) in [5.41, 5.74) is 1.53. The zero-order valence-electron chi connectivity index (χ0n) is 60.8. The van der Waals surface area contributed by atoms with E-state index in [0.29, 0.717) is 5.15 Å².